The number of methoxy groups -OCH3 is 1. The Hall–Kier alpha value is -3.85. The van der Waals surface area contributed by atoms with Gasteiger partial charge >= 0.3 is 5.97 Å². The Morgan fingerprint density at radius 3 is 1.90 bits per heavy atom. The first kappa shape index (κ1) is 31.7. The average molecular weight is 614 g/mol. The lowest BCUT2D eigenvalue weighted by Crippen LogP contribution is -2.37. The van der Waals surface area contributed by atoms with Crippen molar-refractivity contribution in [3.8, 4) is 5.75 Å². The molecule has 0 spiro atoms. The normalized spacial score (nSPS) is 11.7. The number of amides is 1. The van der Waals surface area contributed by atoms with Gasteiger partial charge in [0.15, 0.2) is 17.1 Å². The molecule has 0 aliphatic rings. The molecule has 0 radical (unpaired) electrons. The Labute approximate surface area is 252 Å². The maximum Gasteiger partial charge on any atom is 0.337 e. The number of carbonyl (C=O) groups is 2. The molecule has 214 valence electrons. The molecule has 4 rings (SSSR count). The van der Waals surface area contributed by atoms with Crippen molar-refractivity contribution in [3.05, 3.63) is 124 Å². The van der Waals surface area contributed by atoms with Gasteiger partial charge in [0, 0.05) is 34.9 Å². The minimum absolute atomic E-state index is 0.320. The molecule has 1 N–H and O–H groups in total. The van der Waals surface area contributed by atoms with Gasteiger partial charge in [-0.1, -0.05) is 65.7 Å². The Kier molecular flexibility index (Phi) is 12.2. The minimum Gasteiger partial charge on any atom is -0.481 e. The van der Waals surface area contributed by atoms with Crippen LogP contribution in [-0.4, -0.2) is 36.3 Å². The summed E-state index contributed by atoms with van der Waals surface area (Å²) >= 11 is 12.5. The quantitative estimate of drug-likeness (QED) is 0.211. The molecule has 0 heterocycles. The summed E-state index contributed by atoms with van der Waals surface area (Å²) in [4.78, 5) is 26.3. The molecule has 2 unspecified atom stereocenters. The van der Waals surface area contributed by atoms with E-state index in [9.17, 15) is 13.8 Å². The van der Waals surface area contributed by atoms with Crippen molar-refractivity contribution in [2.45, 2.75) is 24.5 Å². The van der Waals surface area contributed by atoms with E-state index in [0.717, 1.165) is 11.3 Å². The third-order valence-electron chi connectivity index (χ3n) is 5.77. The van der Waals surface area contributed by atoms with E-state index >= 15 is 0 Å². The molecule has 0 bridgehead atoms. The Bertz CT molecular complexity index is 1410. The van der Waals surface area contributed by atoms with Crippen LogP contribution < -0.4 is 14.4 Å². The maximum atomic E-state index is 12.5. The zero-order valence-electron chi connectivity index (χ0n) is 22.8. The average Bonchev–Trinajstić information content (AvgIpc) is 3.00. The van der Waals surface area contributed by atoms with Crippen molar-refractivity contribution >= 4 is 51.8 Å². The number of halogens is 2. The number of esters is 1. The van der Waals surface area contributed by atoms with Gasteiger partial charge in [0.25, 0.3) is 5.91 Å². The van der Waals surface area contributed by atoms with Crippen molar-refractivity contribution in [2.24, 2.45) is 0 Å². The van der Waals surface area contributed by atoms with Crippen LogP contribution in [0.25, 0.3) is 0 Å². The summed E-state index contributed by atoms with van der Waals surface area (Å²) in [5.41, 5.74) is 2.05. The van der Waals surface area contributed by atoms with Gasteiger partial charge in [0.05, 0.1) is 17.6 Å². The highest BCUT2D eigenvalue weighted by atomic mass is 35.5. The molecule has 0 aromatic heterocycles. The molecule has 0 fully saturated rings. The van der Waals surface area contributed by atoms with Crippen LogP contribution in [0.1, 0.15) is 22.8 Å². The second-order valence-corrected chi connectivity index (χ2v) is 10.7. The SMILES string of the molecule is COC(=O)c1ccc(S(=O)NC(=O)C(C)Oc2ccc(N(C)Cc3c(Cl)cccc3Cl)cc2)cc1.c1ccccc1. The van der Waals surface area contributed by atoms with Gasteiger partial charge < -0.3 is 14.4 Å². The van der Waals surface area contributed by atoms with Crippen molar-refractivity contribution < 1.29 is 23.3 Å². The highest BCUT2D eigenvalue weighted by molar-refractivity contribution is 7.83. The largest absolute Gasteiger partial charge is 0.481 e. The van der Waals surface area contributed by atoms with Crippen molar-refractivity contribution in [2.75, 3.05) is 19.1 Å². The molecule has 4 aromatic rings. The molecule has 10 heteroatoms. The van der Waals surface area contributed by atoms with E-state index in [4.69, 9.17) is 27.9 Å². The predicted molar refractivity (Wildman–Crippen MR) is 164 cm³/mol. The topological polar surface area (TPSA) is 84.9 Å². The summed E-state index contributed by atoms with van der Waals surface area (Å²) in [6, 6.07) is 30.5. The molecular formula is C31H30Cl2N2O5S. The summed E-state index contributed by atoms with van der Waals surface area (Å²) in [7, 11) is 1.38. The van der Waals surface area contributed by atoms with E-state index in [2.05, 4.69) is 9.46 Å². The molecule has 41 heavy (non-hydrogen) atoms. The fraction of sp³-hybridized carbons (Fsp3) is 0.161. The molecule has 7 nitrogen and oxygen atoms in total. The zero-order valence-corrected chi connectivity index (χ0v) is 25.1. The summed E-state index contributed by atoms with van der Waals surface area (Å²) in [5.74, 6) is -0.568. The van der Waals surface area contributed by atoms with Crippen LogP contribution in [0.15, 0.2) is 108 Å². The van der Waals surface area contributed by atoms with Gasteiger partial charge in [-0.05, 0) is 67.6 Å². The van der Waals surface area contributed by atoms with Gasteiger partial charge in [-0.25, -0.2) is 9.00 Å². The lowest BCUT2D eigenvalue weighted by molar-refractivity contribution is -0.125. The highest BCUT2D eigenvalue weighted by Gasteiger charge is 2.18. The zero-order chi connectivity index (χ0) is 29.8. The van der Waals surface area contributed by atoms with E-state index in [1.807, 2.05) is 60.5 Å². The first-order valence-electron chi connectivity index (χ1n) is 12.5. The summed E-state index contributed by atoms with van der Waals surface area (Å²) in [6.45, 7) is 2.08. The Morgan fingerprint density at radius 2 is 1.39 bits per heavy atom. The van der Waals surface area contributed by atoms with Gasteiger partial charge in [0.2, 0.25) is 0 Å². The molecular weight excluding hydrogens is 583 g/mol. The molecule has 4 aromatic carbocycles. The Morgan fingerprint density at radius 1 is 0.854 bits per heavy atom. The number of benzene rings is 4. The number of nitrogens with zero attached hydrogens (tertiary/aromatic N) is 1. The maximum absolute atomic E-state index is 12.5. The summed E-state index contributed by atoms with van der Waals surface area (Å²) < 4.78 is 25.2. The lowest BCUT2D eigenvalue weighted by Gasteiger charge is -2.21. The van der Waals surface area contributed by atoms with Crippen molar-refractivity contribution in [1.82, 2.24) is 4.72 Å². The van der Waals surface area contributed by atoms with Gasteiger partial charge in [-0.3, -0.25) is 9.52 Å². The fourth-order valence-electron chi connectivity index (χ4n) is 3.50. The smallest absolute Gasteiger partial charge is 0.337 e. The Balaban J connectivity index is 0.000000681. The van der Waals surface area contributed by atoms with Gasteiger partial charge in [-0.15, -0.1) is 0 Å². The number of nitrogens with one attached hydrogen (secondary N) is 1. The third kappa shape index (κ3) is 9.63. The number of carbonyl (C=O) groups excluding carboxylic acids is 2. The predicted octanol–water partition coefficient (Wildman–Crippen LogP) is 6.71. The second-order valence-electron chi connectivity index (χ2n) is 8.72. The standard InChI is InChI=1S/C25H24Cl2N2O5S.C6H6/c1-16(24(30)28-35(32)20-13-7-17(8-14-20)25(31)33-3)34-19-11-9-18(10-12-19)29(2)15-21-22(26)5-4-6-23(21)27;1-2-4-6-5-3-1/h4-14,16H,15H2,1-3H3,(H,28,30);1-6H. The monoisotopic (exact) mass is 612 g/mol. The van der Waals surface area contributed by atoms with Crippen LogP contribution >= 0.6 is 23.2 Å². The van der Waals surface area contributed by atoms with E-state index in [-0.39, 0.29) is 0 Å². The van der Waals surface area contributed by atoms with E-state index < -0.39 is 29.0 Å². The number of hydrogen-bond acceptors (Lipinski definition) is 6. The van der Waals surface area contributed by atoms with Crippen LogP contribution in [0, 0.1) is 0 Å². The molecule has 0 saturated heterocycles. The number of rotatable bonds is 9. The van der Waals surface area contributed by atoms with Crippen LogP contribution in [0.4, 0.5) is 5.69 Å². The van der Waals surface area contributed by atoms with E-state index in [1.165, 1.54) is 31.4 Å². The molecule has 0 saturated carbocycles. The first-order chi connectivity index (χ1) is 19.7. The van der Waals surface area contributed by atoms with E-state index in [0.29, 0.717) is 32.8 Å². The van der Waals surface area contributed by atoms with Gasteiger partial charge in [-0.2, -0.15) is 0 Å². The molecule has 0 aliphatic carbocycles. The highest BCUT2D eigenvalue weighted by Crippen LogP contribution is 2.28. The van der Waals surface area contributed by atoms with Crippen LogP contribution in [0.3, 0.4) is 0 Å². The third-order valence-corrected chi connectivity index (χ3v) is 7.56. The van der Waals surface area contributed by atoms with Crippen LogP contribution in [0.2, 0.25) is 10.0 Å². The number of hydrogen-bond donors (Lipinski definition) is 1. The molecule has 1 amide bonds. The minimum atomic E-state index is -1.81. The van der Waals surface area contributed by atoms with Crippen LogP contribution in [-0.2, 0) is 27.1 Å². The van der Waals surface area contributed by atoms with Crippen molar-refractivity contribution in [3.63, 3.8) is 0 Å². The van der Waals surface area contributed by atoms with Crippen LogP contribution in [0.5, 0.6) is 5.75 Å². The summed E-state index contributed by atoms with van der Waals surface area (Å²) in [6.07, 6.45) is -0.890. The van der Waals surface area contributed by atoms with Gasteiger partial charge in [0.1, 0.15) is 5.75 Å². The fourth-order valence-corrected chi connectivity index (χ4v) is 4.87. The number of anilines is 1. The summed E-state index contributed by atoms with van der Waals surface area (Å²) in [5, 5.41) is 1.20. The van der Waals surface area contributed by atoms with Crippen molar-refractivity contribution in [1.29, 1.82) is 0 Å². The lowest BCUT2D eigenvalue weighted by atomic mass is 10.2. The van der Waals surface area contributed by atoms with E-state index in [1.54, 1.807) is 37.3 Å². The number of ether oxygens (including phenoxy) is 2. The first-order valence-corrected chi connectivity index (χ1v) is 14.4. The second kappa shape index (κ2) is 15.8. The molecule has 0 aliphatic heterocycles. The molecule has 2 atom stereocenters.